The highest BCUT2D eigenvalue weighted by atomic mass is 19.1. The summed E-state index contributed by atoms with van der Waals surface area (Å²) >= 11 is 0. The maximum atomic E-state index is 13.1. The third-order valence-electron chi connectivity index (χ3n) is 2.77. The standard InChI is InChI=1S/C14H16FNO5/c15-11-4-1-3-10(9-11)14(21)16(8-6-13(19)20)7-2-5-12(17)18/h1,3-4,9H,2,5-8H2,(H,17,18)(H,19,20). The van der Waals surface area contributed by atoms with Crippen LogP contribution in [0.5, 0.6) is 0 Å². The first-order valence-corrected chi connectivity index (χ1v) is 6.38. The minimum Gasteiger partial charge on any atom is -0.481 e. The molecule has 0 saturated carbocycles. The lowest BCUT2D eigenvalue weighted by atomic mass is 10.1. The van der Waals surface area contributed by atoms with E-state index in [4.69, 9.17) is 10.2 Å². The van der Waals surface area contributed by atoms with Gasteiger partial charge in [-0.1, -0.05) is 6.07 Å². The monoisotopic (exact) mass is 297 g/mol. The lowest BCUT2D eigenvalue weighted by Crippen LogP contribution is -2.34. The zero-order chi connectivity index (χ0) is 15.8. The van der Waals surface area contributed by atoms with E-state index in [0.717, 1.165) is 6.07 Å². The van der Waals surface area contributed by atoms with Crippen molar-refractivity contribution in [3.63, 3.8) is 0 Å². The number of carbonyl (C=O) groups excluding carboxylic acids is 1. The summed E-state index contributed by atoms with van der Waals surface area (Å²) in [5.41, 5.74) is 0.107. The molecule has 0 fully saturated rings. The van der Waals surface area contributed by atoms with E-state index in [1.165, 1.54) is 23.1 Å². The van der Waals surface area contributed by atoms with Gasteiger partial charge in [0.25, 0.3) is 5.91 Å². The molecule has 1 aromatic carbocycles. The molecule has 0 aliphatic rings. The third kappa shape index (κ3) is 6.03. The average molecular weight is 297 g/mol. The van der Waals surface area contributed by atoms with Gasteiger partial charge >= 0.3 is 11.9 Å². The number of nitrogens with zero attached hydrogens (tertiary/aromatic N) is 1. The molecule has 0 radical (unpaired) electrons. The summed E-state index contributed by atoms with van der Waals surface area (Å²) < 4.78 is 13.1. The number of benzene rings is 1. The van der Waals surface area contributed by atoms with Gasteiger partial charge in [0.2, 0.25) is 0 Å². The molecule has 0 heterocycles. The Bertz CT molecular complexity index is 532. The van der Waals surface area contributed by atoms with E-state index in [0.29, 0.717) is 0 Å². The molecule has 1 rings (SSSR count). The Labute approximate surface area is 120 Å². The van der Waals surface area contributed by atoms with Gasteiger partial charge in [-0.25, -0.2) is 4.39 Å². The van der Waals surface area contributed by atoms with Crippen molar-refractivity contribution >= 4 is 17.8 Å². The van der Waals surface area contributed by atoms with Crippen LogP contribution in [0.1, 0.15) is 29.6 Å². The van der Waals surface area contributed by atoms with Crippen molar-refractivity contribution in [3.05, 3.63) is 35.6 Å². The molecule has 1 aromatic rings. The van der Waals surface area contributed by atoms with E-state index in [9.17, 15) is 18.8 Å². The predicted molar refractivity (Wildman–Crippen MR) is 71.4 cm³/mol. The molecule has 0 aromatic heterocycles. The topological polar surface area (TPSA) is 94.9 Å². The van der Waals surface area contributed by atoms with E-state index >= 15 is 0 Å². The zero-order valence-corrected chi connectivity index (χ0v) is 11.3. The maximum Gasteiger partial charge on any atom is 0.305 e. The SMILES string of the molecule is O=C(O)CCCN(CCC(=O)O)C(=O)c1cccc(F)c1. The number of aliphatic carboxylic acids is 2. The molecular formula is C14H16FNO5. The summed E-state index contributed by atoms with van der Waals surface area (Å²) in [7, 11) is 0. The predicted octanol–water partition coefficient (Wildman–Crippen LogP) is 1.61. The van der Waals surface area contributed by atoms with Crippen LogP contribution in [-0.4, -0.2) is 46.0 Å². The van der Waals surface area contributed by atoms with Gasteiger partial charge in [0.05, 0.1) is 6.42 Å². The fourth-order valence-electron chi connectivity index (χ4n) is 1.77. The molecule has 1 amide bonds. The first-order chi connectivity index (χ1) is 9.90. The van der Waals surface area contributed by atoms with Crippen LogP contribution in [0, 0.1) is 5.82 Å². The molecule has 2 N–H and O–H groups in total. The van der Waals surface area contributed by atoms with Crippen LogP contribution >= 0.6 is 0 Å². The van der Waals surface area contributed by atoms with Gasteiger partial charge < -0.3 is 15.1 Å². The van der Waals surface area contributed by atoms with E-state index in [-0.39, 0.29) is 37.9 Å². The van der Waals surface area contributed by atoms with E-state index in [1.54, 1.807) is 0 Å². The number of halogens is 1. The Balaban J connectivity index is 2.75. The average Bonchev–Trinajstić information content (AvgIpc) is 2.41. The van der Waals surface area contributed by atoms with Gasteiger partial charge in [-0.05, 0) is 24.6 Å². The number of carboxylic acid groups (broad SMARTS) is 2. The van der Waals surface area contributed by atoms with Gasteiger partial charge in [0.15, 0.2) is 0 Å². The Morgan fingerprint density at radius 2 is 1.71 bits per heavy atom. The van der Waals surface area contributed by atoms with Crippen molar-refractivity contribution in [3.8, 4) is 0 Å². The van der Waals surface area contributed by atoms with Crippen LogP contribution in [0.15, 0.2) is 24.3 Å². The van der Waals surface area contributed by atoms with Crippen molar-refractivity contribution in [2.45, 2.75) is 19.3 Å². The first-order valence-electron chi connectivity index (χ1n) is 6.38. The van der Waals surface area contributed by atoms with Crippen molar-refractivity contribution in [1.29, 1.82) is 0 Å². The number of carboxylic acids is 2. The highest BCUT2D eigenvalue weighted by Crippen LogP contribution is 2.09. The largest absolute Gasteiger partial charge is 0.481 e. The lowest BCUT2D eigenvalue weighted by molar-refractivity contribution is -0.138. The molecule has 114 valence electrons. The summed E-state index contributed by atoms with van der Waals surface area (Å²) in [6, 6.07) is 5.07. The summed E-state index contributed by atoms with van der Waals surface area (Å²) in [6.07, 6.45) is -0.176. The number of amides is 1. The number of hydrogen-bond donors (Lipinski definition) is 2. The maximum absolute atomic E-state index is 13.1. The van der Waals surface area contributed by atoms with Crippen molar-refractivity contribution < 1.29 is 29.0 Å². The molecule has 0 aliphatic carbocycles. The molecule has 0 bridgehead atoms. The van der Waals surface area contributed by atoms with E-state index in [2.05, 4.69) is 0 Å². The van der Waals surface area contributed by atoms with Crippen molar-refractivity contribution in [2.75, 3.05) is 13.1 Å². The molecule has 6 nitrogen and oxygen atoms in total. The van der Waals surface area contributed by atoms with Gasteiger partial charge in [-0.15, -0.1) is 0 Å². The van der Waals surface area contributed by atoms with Gasteiger partial charge in [-0.3, -0.25) is 14.4 Å². The fourth-order valence-corrected chi connectivity index (χ4v) is 1.77. The zero-order valence-electron chi connectivity index (χ0n) is 11.3. The normalized spacial score (nSPS) is 10.1. The number of carbonyl (C=O) groups is 3. The highest BCUT2D eigenvalue weighted by molar-refractivity contribution is 5.94. The lowest BCUT2D eigenvalue weighted by Gasteiger charge is -2.21. The quantitative estimate of drug-likeness (QED) is 0.760. The summed E-state index contributed by atoms with van der Waals surface area (Å²) in [5.74, 6) is -3.14. The van der Waals surface area contributed by atoms with Crippen LogP contribution in [0.2, 0.25) is 0 Å². The fraction of sp³-hybridized carbons (Fsp3) is 0.357. The van der Waals surface area contributed by atoms with Crippen LogP contribution < -0.4 is 0 Å². The van der Waals surface area contributed by atoms with Crippen LogP contribution in [-0.2, 0) is 9.59 Å². The molecule has 0 unspecified atom stereocenters. The Morgan fingerprint density at radius 3 is 2.29 bits per heavy atom. The number of hydrogen-bond acceptors (Lipinski definition) is 3. The highest BCUT2D eigenvalue weighted by Gasteiger charge is 2.17. The molecule has 0 aliphatic heterocycles. The molecule has 21 heavy (non-hydrogen) atoms. The first kappa shape index (κ1) is 16.6. The second-order valence-electron chi connectivity index (χ2n) is 4.44. The minimum absolute atomic E-state index is 0.0513. The minimum atomic E-state index is -1.06. The van der Waals surface area contributed by atoms with E-state index < -0.39 is 23.7 Å². The van der Waals surface area contributed by atoms with Crippen LogP contribution in [0.3, 0.4) is 0 Å². The molecule has 0 atom stereocenters. The van der Waals surface area contributed by atoms with Crippen molar-refractivity contribution in [2.24, 2.45) is 0 Å². The van der Waals surface area contributed by atoms with Gasteiger partial charge in [0, 0.05) is 25.1 Å². The molecule has 0 spiro atoms. The Kier molecular flexibility index (Phi) is 6.32. The molecule has 7 heteroatoms. The summed E-state index contributed by atoms with van der Waals surface area (Å²) in [4.78, 5) is 34.5. The molecular weight excluding hydrogens is 281 g/mol. The Hall–Kier alpha value is -2.44. The molecule has 0 saturated heterocycles. The summed E-state index contributed by atoms with van der Waals surface area (Å²) in [5, 5.41) is 17.3. The second kappa shape index (κ2) is 7.98. The third-order valence-corrected chi connectivity index (χ3v) is 2.77. The van der Waals surface area contributed by atoms with E-state index in [1.807, 2.05) is 0 Å². The smallest absolute Gasteiger partial charge is 0.305 e. The van der Waals surface area contributed by atoms with Crippen molar-refractivity contribution in [1.82, 2.24) is 4.90 Å². The Morgan fingerprint density at radius 1 is 1.05 bits per heavy atom. The van der Waals surface area contributed by atoms with Crippen LogP contribution in [0.25, 0.3) is 0 Å². The van der Waals surface area contributed by atoms with Gasteiger partial charge in [0.1, 0.15) is 5.82 Å². The van der Waals surface area contributed by atoms with Crippen LogP contribution in [0.4, 0.5) is 4.39 Å². The number of rotatable bonds is 8. The summed E-state index contributed by atoms with van der Waals surface area (Å²) in [6.45, 7) is 0.0548. The van der Waals surface area contributed by atoms with Gasteiger partial charge in [-0.2, -0.15) is 0 Å². The second-order valence-corrected chi connectivity index (χ2v) is 4.44.